The van der Waals surface area contributed by atoms with Crippen LogP contribution in [-0.4, -0.2) is 86.8 Å². The van der Waals surface area contributed by atoms with E-state index < -0.39 is 6.10 Å². The van der Waals surface area contributed by atoms with Crippen LogP contribution in [0.5, 0.6) is 0 Å². The van der Waals surface area contributed by atoms with Crippen molar-refractivity contribution in [2.24, 2.45) is 11.3 Å². The predicted molar refractivity (Wildman–Crippen MR) is 106 cm³/mol. The molecular weight excluding hydrogens is 358 g/mol. The number of rotatable bonds is 8. The number of likely N-dealkylation sites (N-methyl/N-ethyl adjacent to an activating group) is 1. The van der Waals surface area contributed by atoms with Crippen LogP contribution >= 0.6 is 0 Å². The van der Waals surface area contributed by atoms with Crippen LogP contribution in [-0.2, 0) is 14.3 Å². The third-order valence-corrected chi connectivity index (χ3v) is 6.18. The maximum absolute atomic E-state index is 12.1. The van der Waals surface area contributed by atoms with E-state index in [0.717, 1.165) is 0 Å². The van der Waals surface area contributed by atoms with Gasteiger partial charge in [0.15, 0.2) is 0 Å². The first kappa shape index (κ1) is 20.8. The monoisotopic (exact) mass is 389 g/mol. The lowest BCUT2D eigenvalue weighted by Gasteiger charge is -2.18. The number of carbonyl (C=O) groups is 2. The van der Waals surface area contributed by atoms with Crippen molar-refractivity contribution >= 4 is 11.8 Å². The number of hydrogen-bond donors (Lipinski definition) is 2. The topological polar surface area (TPSA) is 82.1 Å². The summed E-state index contributed by atoms with van der Waals surface area (Å²) in [5, 5.41) is 14.0. The second kappa shape index (κ2) is 8.59. The van der Waals surface area contributed by atoms with E-state index in [4.69, 9.17) is 4.74 Å². The Morgan fingerprint density at radius 2 is 2.04 bits per heavy atom. The van der Waals surface area contributed by atoms with Gasteiger partial charge in [-0.05, 0) is 17.4 Å². The number of carbonyl (C=O) groups excluding carboxylic acids is 2. The van der Waals surface area contributed by atoms with Gasteiger partial charge in [-0.3, -0.25) is 14.5 Å². The summed E-state index contributed by atoms with van der Waals surface area (Å²) in [7, 11) is 5.06. The van der Waals surface area contributed by atoms with Crippen molar-refractivity contribution in [2.45, 2.75) is 18.4 Å². The molecule has 2 aliphatic rings. The van der Waals surface area contributed by atoms with E-state index in [1.807, 2.05) is 23.1 Å². The zero-order valence-electron chi connectivity index (χ0n) is 16.9. The Balaban J connectivity index is 1.72. The van der Waals surface area contributed by atoms with Crippen LogP contribution in [0.25, 0.3) is 0 Å². The fraction of sp³-hybridized carbons (Fsp3) is 0.619. The van der Waals surface area contributed by atoms with E-state index >= 15 is 0 Å². The molecule has 7 heteroatoms. The number of methoxy groups -OCH3 is 1. The highest BCUT2D eigenvalue weighted by atomic mass is 16.5. The summed E-state index contributed by atoms with van der Waals surface area (Å²) >= 11 is 0. The van der Waals surface area contributed by atoms with Crippen molar-refractivity contribution in [1.82, 2.24) is 15.1 Å². The van der Waals surface area contributed by atoms with E-state index in [0.29, 0.717) is 39.2 Å². The summed E-state index contributed by atoms with van der Waals surface area (Å²) in [6.07, 6.45) is -0.188. The third kappa shape index (κ3) is 4.06. The quantitative estimate of drug-likeness (QED) is 0.669. The Labute approximate surface area is 166 Å². The molecule has 0 unspecified atom stereocenters. The molecule has 1 saturated carbocycles. The number of amides is 2. The van der Waals surface area contributed by atoms with E-state index in [1.165, 1.54) is 5.56 Å². The maximum atomic E-state index is 12.1. The zero-order chi connectivity index (χ0) is 20.3. The van der Waals surface area contributed by atoms with Gasteiger partial charge in [0.2, 0.25) is 11.8 Å². The van der Waals surface area contributed by atoms with Gasteiger partial charge in [0.1, 0.15) is 0 Å². The average Bonchev–Trinajstić information content (AvgIpc) is 3.21. The van der Waals surface area contributed by atoms with Gasteiger partial charge in [-0.2, -0.15) is 0 Å². The molecule has 2 amide bonds. The van der Waals surface area contributed by atoms with Crippen molar-refractivity contribution < 1.29 is 19.4 Å². The van der Waals surface area contributed by atoms with Gasteiger partial charge in [0, 0.05) is 52.7 Å². The summed E-state index contributed by atoms with van der Waals surface area (Å²) < 4.78 is 4.96. The van der Waals surface area contributed by atoms with Gasteiger partial charge in [-0.1, -0.05) is 30.3 Å². The Kier molecular flexibility index (Phi) is 6.37. The number of benzene rings is 1. The van der Waals surface area contributed by atoms with Gasteiger partial charge in [0.05, 0.1) is 19.3 Å². The van der Waals surface area contributed by atoms with Crippen LogP contribution in [0.4, 0.5) is 0 Å². The highest BCUT2D eigenvalue weighted by molar-refractivity contribution is 5.77. The van der Waals surface area contributed by atoms with Gasteiger partial charge < -0.3 is 20.1 Å². The molecule has 1 spiro atoms. The third-order valence-electron chi connectivity index (χ3n) is 6.18. The lowest BCUT2D eigenvalue weighted by molar-refractivity contribution is -0.129. The number of aliphatic hydroxyl groups excluding tert-OH is 1. The highest BCUT2D eigenvalue weighted by Crippen LogP contribution is 2.68. The first-order valence-electron chi connectivity index (χ1n) is 9.81. The molecule has 7 nitrogen and oxygen atoms in total. The molecule has 2 fully saturated rings. The molecular formula is C21H31N3O4. The fourth-order valence-corrected chi connectivity index (χ4v) is 4.65. The summed E-state index contributed by atoms with van der Waals surface area (Å²) in [5.41, 5.74) is 0.862. The fourth-order valence-electron chi connectivity index (χ4n) is 4.65. The van der Waals surface area contributed by atoms with Gasteiger partial charge >= 0.3 is 0 Å². The highest BCUT2D eigenvalue weighted by Gasteiger charge is 2.71. The Bertz CT molecular complexity index is 696. The van der Waals surface area contributed by atoms with E-state index in [9.17, 15) is 14.7 Å². The van der Waals surface area contributed by atoms with Crippen LogP contribution in [0.1, 0.15) is 17.9 Å². The minimum Gasteiger partial charge on any atom is -0.391 e. The smallest absolute Gasteiger partial charge is 0.236 e. The van der Waals surface area contributed by atoms with Gasteiger partial charge in [-0.15, -0.1) is 0 Å². The van der Waals surface area contributed by atoms with E-state index in [-0.39, 0.29) is 29.1 Å². The number of hydrogen-bond acceptors (Lipinski definition) is 5. The first-order chi connectivity index (χ1) is 13.4. The average molecular weight is 389 g/mol. The van der Waals surface area contributed by atoms with Crippen LogP contribution < -0.4 is 5.32 Å². The second-order valence-electron chi connectivity index (χ2n) is 8.13. The van der Waals surface area contributed by atoms with Crippen LogP contribution in [0, 0.1) is 11.3 Å². The van der Waals surface area contributed by atoms with Crippen LogP contribution in [0.3, 0.4) is 0 Å². The first-order valence-corrected chi connectivity index (χ1v) is 9.81. The molecule has 4 atom stereocenters. The molecule has 1 aliphatic heterocycles. The van der Waals surface area contributed by atoms with Crippen LogP contribution in [0.15, 0.2) is 30.3 Å². The Hall–Kier alpha value is -1.96. The van der Waals surface area contributed by atoms with Crippen molar-refractivity contribution in [3.63, 3.8) is 0 Å². The van der Waals surface area contributed by atoms with Crippen molar-refractivity contribution in [1.29, 1.82) is 0 Å². The number of nitrogens with one attached hydrogen (secondary N) is 1. The minimum absolute atomic E-state index is 0.0329. The SMILES string of the molecule is COCCC(=O)NC[C@@H]1[C@@H](c2ccccc2)[C@]12CN(CC(=O)N(C)C)C[C@@H]2O. The minimum atomic E-state index is -0.520. The summed E-state index contributed by atoms with van der Waals surface area (Å²) in [4.78, 5) is 27.8. The molecule has 1 aromatic carbocycles. The molecule has 1 saturated heterocycles. The summed E-state index contributed by atoms with van der Waals surface area (Å²) in [6, 6.07) is 10.2. The number of nitrogens with zero attached hydrogens (tertiary/aromatic N) is 2. The van der Waals surface area contributed by atoms with Gasteiger partial charge in [-0.25, -0.2) is 0 Å². The molecule has 1 aliphatic carbocycles. The molecule has 2 N–H and O–H groups in total. The summed E-state index contributed by atoms with van der Waals surface area (Å²) in [6.45, 7) is 2.37. The van der Waals surface area contributed by atoms with E-state index in [1.54, 1.807) is 26.1 Å². The molecule has 154 valence electrons. The summed E-state index contributed by atoms with van der Waals surface area (Å²) in [5.74, 6) is 0.315. The number of β-amino-alcohol motifs (C(OH)–C–C–N with tert-alkyl or cyclic N) is 1. The number of likely N-dealkylation sites (tertiary alicyclic amines) is 1. The largest absolute Gasteiger partial charge is 0.391 e. The molecule has 3 rings (SSSR count). The second-order valence-corrected chi connectivity index (χ2v) is 8.13. The normalized spacial score (nSPS) is 29.1. The molecule has 28 heavy (non-hydrogen) atoms. The predicted octanol–water partition coefficient (Wildman–Crippen LogP) is 0.304. The maximum Gasteiger partial charge on any atom is 0.236 e. The number of ether oxygens (including phenoxy) is 1. The molecule has 0 aromatic heterocycles. The molecule has 0 radical (unpaired) electrons. The zero-order valence-corrected chi connectivity index (χ0v) is 16.9. The standard InChI is InChI=1S/C21H31N3O4/c1-23(2)19(27)13-24-12-17(25)21(14-24)16(11-22-18(26)9-10-28-3)20(21)15-7-5-4-6-8-15/h4-8,16-17,20,25H,9-14H2,1-3H3,(H,22,26)/t16-,17+,20-,21-/m1/s1. The van der Waals surface area contributed by atoms with Gasteiger partial charge in [0.25, 0.3) is 0 Å². The lowest BCUT2D eigenvalue weighted by atomic mass is 9.95. The van der Waals surface area contributed by atoms with Crippen LogP contribution in [0.2, 0.25) is 0 Å². The van der Waals surface area contributed by atoms with Crippen molar-refractivity contribution in [3.8, 4) is 0 Å². The Morgan fingerprint density at radius 1 is 1.32 bits per heavy atom. The van der Waals surface area contributed by atoms with Crippen molar-refractivity contribution in [2.75, 3.05) is 54.0 Å². The lowest BCUT2D eigenvalue weighted by Crippen LogP contribution is -2.36. The molecule has 1 aromatic rings. The number of aliphatic hydroxyl groups is 1. The molecule has 1 heterocycles. The molecule has 0 bridgehead atoms. The van der Waals surface area contributed by atoms with E-state index in [2.05, 4.69) is 17.4 Å². The van der Waals surface area contributed by atoms with Crippen molar-refractivity contribution in [3.05, 3.63) is 35.9 Å². The Morgan fingerprint density at radius 3 is 2.68 bits per heavy atom.